The van der Waals surface area contributed by atoms with Crippen molar-refractivity contribution in [3.05, 3.63) is 87.2 Å². The van der Waals surface area contributed by atoms with Crippen LogP contribution < -0.4 is 15.2 Å². The minimum absolute atomic E-state index is 0.188. The number of rotatable bonds is 7. The highest BCUT2D eigenvalue weighted by Crippen LogP contribution is 2.34. The quantitative estimate of drug-likeness (QED) is 0.261. The second kappa shape index (κ2) is 10.8. The average Bonchev–Trinajstić information content (AvgIpc) is 3.43. The summed E-state index contributed by atoms with van der Waals surface area (Å²) >= 11 is 0. The second-order valence-corrected chi connectivity index (χ2v) is 10.3. The topological polar surface area (TPSA) is 59.7 Å². The van der Waals surface area contributed by atoms with Crippen LogP contribution in [-0.4, -0.2) is 35.6 Å². The standard InChI is InChI=1S/C32H36N4O2/c1-6-38-30-18-22(4)27(19-26(30)21(2)3)31-34-28-12-8-7-11-25(28)32(37)36(31)33-20-24-13-14-29(23(5)17-24)35-15-9-10-16-35/h7-8,11-14,17-21H,6,9-10,15-16H2,1-5H3. The van der Waals surface area contributed by atoms with Gasteiger partial charge in [-0.1, -0.05) is 32.0 Å². The molecule has 0 atom stereocenters. The first-order valence-electron chi connectivity index (χ1n) is 13.6. The van der Waals surface area contributed by atoms with Crippen molar-refractivity contribution >= 4 is 22.8 Å². The molecular formula is C32H36N4O2. The average molecular weight is 509 g/mol. The van der Waals surface area contributed by atoms with Gasteiger partial charge < -0.3 is 9.64 Å². The smallest absolute Gasteiger partial charge is 0.282 e. The van der Waals surface area contributed by atoms with Crippen molar-refractivity contribution in [3.63, 3.8) is 0 Å². The summed E-state index contributed by atoms with van der Waals surface area (Å²) < 4.78 is 7.38. The van der Waals surface area contributed by atoms with Crippen LogP contribution in [0.25, 0.3) is 22.3 Å². The zero-order valence-electron chi connectivity index (χ0n) is 23.0. The maximum Gasteiger partial charge on any atom is 0.282 e. The Labute approximate surface area is 224 Å². The molecule has 2 heterocycles. The first kappa shape index (κ1) is 25.7. The fourth-order valence-electron chi connectivity index (χ4n) is 5.27. The molecule has 0 bridgehead atoms. The molecule has 0 amide bonds. The van der Waals surface area contributed by atoms with E-state index in [2.05, 4.69) is 49.9 Å². The van der Waals surface area contributed by atoms with E-state index in [1.807, 2.05) is 38.1 Å². The fourth-order valence-corrected chi connectivity index (χ4v) is 5.27. The first-order chi connectivity index (χ1) is 18.4. The second-order valence-electron chi connectivity index (χ2n) is 10.3. The summed E-state index contributed by atoms with van der Waals surface area (Å²) in [6.45, 7) is 13.2. The molecule has 0 radical (unpaired) electrons. The molecule has 0 saturated carbocycles. The number of benzene rings is 3. The molecule has 38 heavy (non-hydrogen) atoms. The predicted molar refractivity (Wildman–Crippen MR) is 157 cm³/mol. The minimum atomic E-state index is -0.188. The molecule has 4 aromatic rings. The van der Waals surface area contributed by atoms with Gasteiger partial charge in [0, 0.05) is 24.3 Å². The van der Waals surface area contributed by atoms with Crippen LogP contribution in [0, 0.1) is 13.8 Å². The van der Waals surface area contributed by atoms with Gasteiger partial charge in [-0.3, -0.25) is 4.79 Å². The van der Waals surface area contributed by atoms with Crippen LogP contribution in [-0.2, 0) is 0 Å². The number of nitrogens with zero attached hydrogens (tertiary/aromatic N) is 4. The number of para-hydroxylation sites is 1. The van der Waals surface area contributed by atoms with Gasteiger partial charge in [-0.15, -0.1) is 0 Å². The van der Waals surface area contributed by atoms with E-state index in [1.165, 1.54) is 28.8 Å². The van der Waals surface area contributed by atoms with E-state index >= 15 is 0 Å². The van der Waals surface area contributed by atoms with Gasteiger partial charge in [-0.2, -0.15) is 9.78 Å². The van der Waals surface area contributed by atoms with Gasteiger partial charge in [0.25, 0.3) is 5.56 Å². The SMILES string of the molecule is CCOc1cc(C)c(-c2nc3ccccc3c(=O)n2N=Cc2ccc(N3CCCC3)c(C)c2)cc1C(C)C. The van der Waals surface area contributed by atoms with Crippen LogP contribution >= 0.6 is 0 Å². The van der Waals surface area contributed by atoms with Gasteiger partial charge in [0.05, 0.1) is 23.7 Å². The molecule has 0 N–H and O–H groups in total. The number of aryl methyl sites for hydroxylation is 2. The van der Waals surface area contributed by atoms with Gasteiger partial charge in [0.15, 0.2) is 5.82 Å². The highest BCUT2D eigenvalue weighted by atomic mass is 16.5. The molecule has 1 aliphatic heterocycles. The number of fused-ring (bicyclic) bond motifs is 1. The molecule has 1 fully saturated rings. The third-order valence-electron chi connectivity index (χ3n) is 7.26. The Hall–Kier alpha value is -3.93. The molecular weight excluding hydrogens is 472 g/mol. The molecule has 1 aromatic heterocycles. The summed E-state index contributed by atoms with van der Waals surface area (Å²) in [5.74, 6) is 1.64. The molecule has 1 aliphatic rings. The van der Waals surface area contributed by atoms with Gasteiger partial charge in [0.2, 0.25) is 0 Å². The Morgan fingerprint density at radius 1 is 1.03 bits per heavy atom. The zero-order valence-corrected chi connectivity index (χ0v) is 23.0. The van der Waals surface area contributed by atoms with Crippen molar-refractivity contribution in [1.82, 2.24) is 9.66 Å². The third-order valence-corrected chi connectivity index (χ3v) is 7.26. The molecule has 5 rings (SSSR count). The Bertz CT molecular complexity index is 1560. The van der Waals surface area contributed by atoms with E-state index in [0.29, 0.717) is 23.3 Å². The van der Waals surface area contributed by atoms with E-state index in [0.717, 1.165) is 41.1 Å². The lowest BCUT2D eigenvalue weighted by Gasteiger charge is -2.20. The normalized spacial score (nSPS) is 13.8. The van der Waals surface area contributed by atoms with E-state index in [4.69, 9.17) is 14.8 Å². The van der Waals surface area contributed by atoms with Crippen LogP contribution in [0.5, 0.6) is 5.75 Å². The molecule has 0 spiro atoms. The maximum atomic E-state index is 13.7. The Balaban J connectivity index is 1.64. The van der Waals surface area contributed by atoms with Gasteiger partial charge in [-0.25, -0.2) is 4.98 Å². The Kier molecular flexibility index (Phi) is 7.32. The molecule has 0 unspecified atom stereocenters. The summed E-state index contributed by atoms with van der Waals surface area (Å²) in [5.41, 5.74) is 6.84. The summed E-state index contributed by atoms with van der Waals surface area (Å²) in [4.78, 5) is 21.1. The van der Waals surface area contributed by atoms with Gasteiger partial charge in [-0.05, 0) is 98.2 Å². The van der Waals surface area contributed by atoms with E-state index in [1.54, 1.807) is 12.3 Å². The number of aromatic nitrogens is 2. The summed E-state index contributed by atoms with van der Waals surface area (Å²) in [6, 6.07) is 18.0. The van der Waals surface area contributed by atoms with Gasteiger partial charge >= 0.3 is 0 Å². The predicted octanol–water partition coefficient (Wildman–Crippen LogP) is 6.68. The van der Waals surface area contributed by atoms with Crippen LogP contribution in [0.2, 0.25) is 0 Å². The lowest BCUT2D eigenvalue weighted by atomic mass is 9.96. The van der Waals surface area contributed by atoms with Crippen molar-refractivity contribution in [2.24, 2.45) is 5.10 Å². The monoisotopic (exact) mass is 508 g/mol. The number of hydrogen-bond donors (Lipinski definition) is 0. The number of anilines is 1. The van der Waals surface area contributed by atoms with E-state index < -0.39 is 0 Å². The summed E-state index contributed by atoms with van der Waals surface area (Å²) in [5, 5.41) is 5.26. The van der Waals surface area contributed by atoms with E-state index in [9.17, 15) is 4.79 Å². The van der Waals surface area contributed by atoms with Crippen molar-refractivity contribution in [2.75, 3.05) is 24.6 Å². The lowest BCUT2D eigenvalue weighted by Crippen LogP contribution is -2.21. The summed E-state index contributed by atoms with van der Waals surface area (Å²) in [6.07, 6.45) is 4.25. The molecule has 3 aromatic carbocycles. The molecule has 6 nitrogen and oxygen atoms in total. The Morgan fingerprint density at radius 3 is 2.50 bits per heavy atom. The molecule has 196 valence electrons. The van der Waals surface area contributed by atoms with Crippen molar-refractivity contribution in [3.8, 4) is 17.1 Å². The van der Waals surface area contributed by atoms with Crippen molar-refractivity contribution in [1.29, 1.82) is 0 Å². The minimum Gasteiger partial charge on any atom is -0.494 e. The fraction of sp³-hybridized carbons (Fsp3) is 0.344. The maximum absolute atomic E-state index is 13.7. The largest absolute Gasteiger partial charge is 0.494 e. The van der Waals surface area contributed by atoms with Crippen LogP contribution in [0.15, 0.2) is 64.5 Å². The summed E-state index contributed by atoms with van der Waals surface area (Å²) in [7, 11) is 0. The lowest BCUT2D eigenvalue weighted by molar-refractivity contribution is 0.335. The van der Waals surface area contributed by atoms with Crippen LogP contribution in [0.4, 0.5) is 5.69 Å². The van der Waals surface area contributed by atoms with Crippen LogP contribution in [0.1, 0.15) is 61.8 Å². The van der Waals surface area contributed by atoms with Crippen molar-refractivity contribution < 1.29 is 4.74 Å². The zero-order chi connectivity index (χ0) is 26.8. The van der Waals surface area contributed by atoms with E-state index in [-0.39, 0.29) is 11.5 Å². The number of ether oxygens (including phenoxy) is 1. The molecule has 1 saturated heterocycles. The first-order valence-corrected chi connectivity index (χ1v) is 13.6. The number of hydrogen-bond acceptors (Lipinski definition) is 5. The van der Waals surface area contributed by atoms with Gasteiger partial charge in [0.1, 0.15) is 5.75 Å². The van der Waals surface area contributed by atoms with Crippen molar-refractivity contribution in [2.45, 2.75) is 53.4 Å². The Morgan fingerprint density at radius 2 is 1.79 bits per heavy atom. The molecule has 6 heteroatoms. The molecule has 0 aliphatic carbocycles. The van der Waals surface area contributed by atoms with Crippen LogP contribution in [0.3, 0.4) is 0 Å². The third kappa shape index (κ3) is 4.95. The highest BCUT2D eigenvalue weighted by Gasteiger charge is 2.19. The highest BCUT2D eigenvalue weighted by molar-refractivity contribution is 5.83.